The van der Waals surface area contributed by atoms with Gasteiger partial charge >= 0.3 is 0 Å². The van der Waals surface area contributed by atoms with Gasteiger partial charge in [-0.2, -0.15) is 5.10 Å². The molecule has 0 radical (unpaired) electrons. The number of phenolic OH excluding ortho intramolecular Hbond substituents is 2. The number of phenols is 2. The van der Waals surface area contributed by atoms with Crippen molar-refractivity contribution in [3.63, 3.8) is 0 Å². The number of nitrogens with zero attached hydrogens (tertiary/aromatic N) is 3. The van der Waals surface area contributed by atoms with Crippen LogP contribution in [0.2, 0.25) is 0 Å². The highest BCUT2D eigenvalue weighted by Gasteiger charge is 2.21. The van der Waals surface area contributed by atoms with Crippen LogP contribution in [0.25, 0.3) is 0 Å². The van der Waals surface area contributed by atoms with Gasteiger partial charge in [0.25, 0.3) is 0 Å². The summed E-state index contributed by atoms with van der Waals surface area (Å²) >= 11 is 1.63. The van der Waals surface area contributed by atoms with Gasteiger partial charge in [-0.3, -0.25) is 4.99 Å². The first-order valence-corrected chi connectivity index (χ1v) is 10.0. The van der Waals surface area contributed by atoms with Gasteiger partial charge in [-0.15, -0.1) is 11.3 Å². The summed E-state index contributed by atoms with van der Waals surface area (Å²) in [5, 5.41) is 25.9. The van der Waals surface area contributed by atoms with E-state index in [0.717, 1.165) is 28.9 Å². The lowest BCUT2D eigenvalue weighted by atomic mass is 9.93. The molecule has 1 aromatic heterocycles. The Labute approximate surface area is 158 Å². The smallest absolute Gasteiger partial charge is 0.206 e. The summed E-state index contributed by atoms with van der Waals surface area (Å²) in [6.45, 7) is 6.49. The molecule has 26 heavy (non-hydrogen) atoms. The second-order valence-electron chi connectivity index (χ2n) is 7.88. The number of hydrogen-bond donors (Lipinski definition) is 2. The van der Waals surface area contributed by atoms with Gasteiger partial charge in [0, 0.05) is 10.8 Å². The molecule has 5 nitrogen and oxygen atoms in total. The normalized spacial score (nSPS) is 17.3. The van der Waals surface area contributed by atoms with Gasteiger partial charge in [0.15, 0.2) is 11.5 Å². The Morgan fingerprint density at radius 2 is 1.85 bits per heavy atom. The molecule has 0 atom stereocenters. The molecule has 0 amide bonds. The third-order valence-electron chi connectivity index (χ3n) is 4.64. The highest BCUT2D eigenvalue weighted by Crippen LogP contribution is 2.25. The molecular weight excluding hydrogens is 346 g/mol. The van der Waals surface area contributed by atoms with E-state index in [4.69, 9.17) is 4.99 Å². The van der Waals surface area contributed by atoms with Crippen LogP contribution in [0.3, 0.4) is 0 Å². The van der Waals surface area contributed by atoms with Crippen LogP contribution < -0.4 is 4.80 Å². The Morgan fingerprint density at radius 1 is 1.12 bits per heavy atom. The third-order valence-corrected chi connectivity index (χ3v) is 5.47. The summed E-state index contributed by atoms with van der Waals surface area (Å²) in [7, 11) is 0. The molecule has 2 N–H and O–H groups in total. The zero-order valence-electron chi connectivity index (χ0n) is 15.6. The summed E-state index contributed by atoms with van der Waals surface area (Å²) in [4.78, 5) is 5.89. The van der Waals surface area contributed by atoms with Crippen LogP contribution in [0.15, 0.2) is 33.7 Å². The lowest BCUT2D eigenvalue weighted by Gasteiger charge is -2.19. The van der Waals surface area contributed by atoms with Crippen LogP contribution >= 0.6 is 11.3 Å². The largest absolute Gasteiger partial charge is 0.504 e. The molecule has 6 heteroatoms. The summed E-state index contributed by atoms with van der Waals surface area (Å²) in [5.41, 5.74) is 1.78. The molecule has 0 spiro atoms. The summed E-state index contributed by atoms with van der Waals surface area (Å²) in [6, 6.07) is 5.07. The molecule has 0 bridgehead atoms. The zero-order valence-corrected chi connectivity index (χ0v) is 16.5. The lowest BCUT2D eigenvalue weighted by molar-refractivity contribution is 0.403. The first-order valence-electron chi connectivity index (χ1n) is 9.16. The Kier molecular flexibility index (Phi) is 5.51. The first-order chi connectivity index (χ1) is 12.3. The Hall–Kier alpha value is -2.08. The van der Waals surface area contributed by atoms with Crippen LogP contribution in [-0.4, -0.2) is 27.1 Å². The molecule has 3 rings (SSSR count). The predicted molar refractivity (Wildman–Crippen MR) is 106 cm³/mol. The Balaban J connectivity index is 1.99. The summed E-state index contributed by atoms with van der Waals surface area (Å²) in [6.07, 6.45) is 7.81. The average Bonchev–Trinajstić information content (AvgIpc) is 3.00. The minimum atomic E-state index is -0.146. The van der Waals surface area contributed by atoms with Crippen molar-refractivity contribution in [2.24, 2.45) is 10.1 Å². The van der Waals surface area contributed by atoms with Gasteiger partial charge in [0.2, 0.25) is 4.80 Å². The predicted octanol–water partition coefficient (Wildman–Crippen LogP) is 4.37. The monoisotopic (exact) mass is 373 g/mol. The van der Waals surface area contributed by atoms with E-state index in [1.54, 1.807) is 23.6 Å². The second kappa shape index (κ2) is 7.66. The quantitative estimate of drug-likeness (QED) is 0.619. The van der Waals surface area contributed by atoms with Crippen molar-refractivity contribution < 1.29 is 10.2 Å². The van der Waals surface area contributed by atoms with E-state index in [2.05, 4.69) is 31.3 Å². The van der Waals surface area contributed by atoms with Crippen molar-refractivity contribution in [1.82, 2.24) is 4.68 Å². The van der Waals surface area contributed by atoms with E-state index in [-0.39, 0.29) is 16.9 Å². The highest BCUT2D eigenvalue weighted by molar-refractivity contribution is 7.07. The number of aromatic hydroxyl groups is 2. The average molecular weight is 374 g/mol. The molecular formula is C20H27N3O2S. The van der Waals surface area contributed by atoms with Gasteiger partial charge in [-0.05, 0) is 36.6 Å². The topological polar surface area (TPSA) is 70.1 Å². The zero-order chi connectivity index (χ0) is 18.7. The maximum Gasteiger partial charge on any atom is 0.206 e. The molecule has 0 aliphatic heterocycles. The number of rotatable bonds is 3. The molecule has 0 unspecified atom stereocenters. The van der Waals surface area contributed by atoms with Gasteiger partial charge in [0.05, 0.1) is 18.0 Å². The minimum Gasteiger partial charge on any atom is -0.504 e. The number of aromatic nitrogens is 1. The number of hydrogen-bond acceptors (Lipinski definition) is 5. The standard InChI is InChI=1S/C20H27N3O2S/c1-20(2,3)18-13-26-19(22-15-7-5-4-6-8-15)23(18)21-12-14-9-10-16(24)17(25)11-14/h9-13,15,24-25H,4-8H2,1-3H3. The summed E-state index contributed by atoms with van der Waals surface area (Å²) in [5.74, 6) is -0.277. The van der Waals surface area contributed by atoms with Gasteiger partial charge in [-0.1, -0.05) is 40.0 Å². The number of benzene rings is 1. The maximum atomic E-state index is 9.68. The summed E-state index contributed by atoms with van der Waals surface area (Å²) < 4.78 is 1.92. The third kappa shape index (κ3) is 4.36. The van der Waals surface area contributed by atoms with Crippen molar-refractivity contribution >= 4 is 17.6 Å². The van der Waals surface area contributed by atoms with E-state index < -0.39 is 0 Å². The van der Waals surface area contributed by atoms with Crippen LogP contribution in [0, 0.1) is 0 Å². The molecule has 140 valence electrons. The SMILES string of the molecule is CC(C)(C)c1csc(=NC2CCCCC2)n1N=Cc1ccc(O)c(O)c1. The van der Waals surface area contributed by atoms with E-state index in [9.17, 15) is 10.2 Å². The van der Waals surface area contributed by atoms with Gasteiger partial charge in [-0.25, -0.2) is 4.68 Å². The van der Waals surface area contributed by atoms with Crippen LogP contribution in [0.5, 0.6) is 11.5 Å². The van der Waals surface area contributed by atoms with E-state index >= 15 is 0 Å². The highest BCUT2D eigenvalue weighted by atomic mass is 32.1. The lowest BCUT2D eigenvalue weighted by Crippen LogP contribution is -2.24. The van der Waals surface area contributed by atoms with Crippen molar-refractivity contribution in [3.8, 4) is 11.5 Å². The van der Waals surface area contributed by atoms with Crippen molar-refractivity contribution in [1.29, 1.82) is 0 Å². The molecule has 2 aromatic rings. The fourth-order valence-electron chi connectivity index (χ4n) is 3.11. The molecule has 1 heterocycles. The Morgan fingerprint density at radius 3 is 2.50 bits per heavy atom. The second-order valence-corrected chi connectivity index (χ2v) is 8.72. The van der Waals surface area contributed by atoms with Crippen molar-refractivity contribution in [3.05, 3.63) is 39.6 Å². The van der Waals surface area contributed by atoms with Gasteiger partial charge in [0.1, 0.15) is 0 Å². The van der Waals surface area contributed by atoms with Crippen LogP contribution in [0.4, 0.5) is 0 Å². The van der Waals surface area contributed by atoms with Crippen LogP contribution in [0.1, 0.15) is 64.1 Å². The molecule has 1 aliphatic rings. The fourth-order valence-corrected chi connectivity index (χ4v) is 4.24. The van der Waals surface area contributed by atoms with E-state index in [1.165, 1.54) is 31.4 Å². The first kappa shape index (κ1) is 18.7. The molecule has 1 saturated carbocycles. The molecule has 1 fully saturated rings. The minimum absolute atomic E-state index is 0.0503. The van der Waals surface area contributed by atoms with Crippen molar-refractivity contribution in [2.45, 2.75) is 64.3 Å². The van der Waals surface area contributed by atoms with E-state index in [1.807, 2.05) is 4.68 Å². The van der Waals surface area contributed by atoms with Gasteiger partial charge < -0.3 is 10.2 Å². The maximum absolute atomic E-state index is 9.68. The fraction of sp³-hybridized carbons (Fsp3) is 0.500. The molecule has 1 aliphatic carbocycles. The Bertz CT molecular complexity index is 853. The van der Waals surface area contributed by atoms with Crippen molar-refractivity contribution in [2.75, 3.05) is 0 Å². The molecule has 0 saturated heterocycles. The number of thiazole rings is 1. The van der Waals surface area contributed by atoms with Crippen LogP contribution in [-0.2, 0) is 5.41 Å². The van der Waals surface area contributed by atoms with E-state index in [0.29, 0.717) is 6.04 Å². The molecule has 1 aromatic carbocycles.